The van der Waals surface area contributed by atoms with E-state index in [1.807, 2.05) is 0 Å². The Morgan fingerprint density at radius 2 is 1.93 bits per heavy atom. The first-order valence-electron chi connectivity index (χ1n) is 5.46. The number of hydrogen-bond acceptors (Lipinski definition) is 1. The van der Waals surface area contributed by atoms with Crippen molar-refractivity contribution in [2.45, 2.75) is 39.5 Å². The molecule has 0 amide bonds. The fourth-order valence-electron chi connectivity index (χ4n) is 1.79. The van der Waals surface area contributed by atoms with E-state index in [0.29, 0.717) is 5.92 Å². The summed E-state index contributed by atoms with van der Waals surface area (Å²) < 4.78 is 0. The minimum atomic E-state index is 0.541. The van der Waals surface area contributed by atoms with Gasteiger partial charge < -0.3 is 5.73 Å². The first-order chi connectivity index (χ1) is 6.69. The van der Waals surface area contributed by atoms with Gasteiger partial charge in [-0.05, 0) is 49.4 Å². The average Bonchev–Trinajstić information content (AvgIpc) is 2.19. The van der Waals surface area contributed by atoms with Gasteiger partial charge in [-0.1, -0.05) is 31.5 Å². The predicted octanol–water partition coefficient (Wildman–Crippen LogP) is 3.15. The molecule has 0 spiro atoms. The third-order valence-electron chi connectivity index (χ3n) is 2.92. The largest absolute Gasteiger partial charge is 0.330 e. The van der Waals surface area contributed by atoms with Gasteiger partial charge in [-0.3, -0.25) is 0 Å². The van der Waals surface area contributed by atoms with Crippen molar-refractivity contribution in [2.75, 3.05) is 6.54 Å². The highest BCUT2D eigenvalue weighted by Gasteiger charge is 2.08. The molecule has 2 N–H and O–H groups in total. The average molecular weight is 191 g/mol. The number of aryl methyl sites for hydroxylation is 2. The number of hydrogen-bond donors (Lipinski definition) is 1. The Bertz CT molecular complexity index is 291. The monoisotopic (exact) mass is 191 g/mol. The van der Waals surface area contributed by atoms with Crippen LogP contribution >= 0.6 is 0 Å². The summed E-state index contributed by atoms with van der Waals surface area (Å²) in [4.78, 5) is 0. The summed E-state index contributed by atoms with van der Waals surface area (Å²) in [5, 5.41) is 0. The van der Waals surface area contributed by atoms with Crippen LogP contribution in [0.2, 0.25) is 0 Å². The molecule has 1 heteroatoms. The number of rotatable bonds is 4. The first-order valence-corrected chi connectivity index (χ1v) is 5.46. The number of benzene rings is 1. The minimum absolute atomic E-state index is 0.541. The highest BCUT2D eigenvalue weighted by atomic mass is 14.5. The third-order valence-corrected chi connectivity index (χ3v) is 2.92. The molecule has 14 heavy (non-hydrogen) atoms. The van der Waals surface area contributed by atoms with Crippen molar-refractivity contribution >= 4 is 0 Å². The summed E-state index contributed by atoms with van der Waals surface area (Å²) in [5.74, 6) is 0.541. The van der Waals surface area contributed by atoms with Crippen LogP contribution < -0.4 is 5.73 Å². The lowest BCUT2D eigenvalue weighted by molar-refractivity contribution is 0.622. The molecular formula is C13H21N. The Kier molecular flexibility index (Phi) is 4.15. The summed E-state index contributed by atoms with van der Waals surface area (Å²) >= 11 is 0. The Morgan fingerprint density at radius 3 is 2.43 bits per heavy atom. The Balaban J connectivity index is 2.88. The van der Waals surface area contributed by atoms with Crippen LogP contribution in [0.4, 0.5) is 0 Å². The van der Waals surface area contributed by atoms with Gasteiger partial charge >= 0.3 is 0 Å². The quantitative estimate of drug-likeness (QED) is 0.777. The second-order valence-corrected chi connectivity index (χ2v) is 4.06. The minimum Gasteiger partial charge on any atom is -0.330 e. The van der Waals surface area contributed by atoms with Gasteiger partial charge in [0.2, 0.25) is 0 Å². The van der Waals surface area contributed by atoms with Crippen LogP contribution in [-0.4, -0.2) is 6.54 Å². The van der Waals surface area contributed by atoms with Crippen LogP contribution in [0.25, 0.3) is 0 Å². The molecule has 1 unspecified atom stereocenters. The predicted molar refractivity (Wildman–Crippen MR) is 62.6 cm³/mol. The zero-order chi connectivity index (χ0) is 10.6. The SMILES string of the molecule is CCCC(CN)c1ccc(C)c(C)c1. The van der Waals surface area contributed by atoms with Gasteiger partial charge in [0.1, 0.15) is 0 Å². The Morgan fingerprint density at radius 1 is 1.21 bits per heavy atom. The van der Waals surface area contributed by atoms with E-state index in [1.165, 1.54) is 29.5 Å². The number of nitrogens with two attached hydrogens (primary N) is 1. The molecule has 0 radical (unpaired) electrons. The van der Waals surface area contributed by atoms with E-state index in [4.69, 9.17) is 5.73 Å². The van der Waals surface area contributed by atoms with E-state index >= 15 is 0 Å². The maximum atomic E-state index is 5.78. The van der Waals surface area contributed by atoms with Crippen molar-refractivity contribution in [3.8, 4) is 0 Å². The van der Waals surface area contributed by atoms with Gasteiger partial charge in [-0.15, -0.1) is 0 Å². The van der Waals surface area contributed by atoms with Crippen LogP contribution in [0, 0.1) is 13.8 Å². The molecule has 0 bridgehead atoms. The molecule has 0 saturated heterocycles. The molecule has 0 aromatic heterocycles. The smallest absolute Gasteiger partial charge is 0.000824 e. The molecule has 1 rings (SSSR count). The van der Waals surface area contributed by atoms with Gasteiger partial charge in [-0.2, -0.15) is 0 Å². The van der Waals surface area contributed by atoms with E-state index in [1.54, 1.807) is 0 Å². The molecule has 0 saturated carbocycles. The van der Waals surface area contributed by atoms with Crippen LogP contribution in [-0.2, 0) is 0 Å². The highest BCUT2D eigenvalue weighted by molar-refractivity contribution is 5.32. The van der Waals surface area contributed by atoms with Crippen LogP contribution in [0.1, 0.15) is 42.4 Å². The van der Waals surface area contributed by atoms with E-state index in [0.717, 1.165) is 6.54 Å². The first kappa shape index (κ1) is 11.3. The van der Waals surface area contributed by atoms with E-state index in [2.05, 4.69) is 39.0 Å². The second kappa shape index (κ2) is 5.16. The van der Waals surface area contributed by atoms with Crippen molar-refractivity contribution in [1.82, 2.24) is 0 Å². The van der Waals surface area contributed by atoms with Crippen molar-refractivity contribution in [3.63, 3.8) is 0 Å². The van der Waals surface area contributed by atoms with Gasteiger partial charge in [0.25, 0.3) is 0 Å². The molecule has 1 aromatic rings. The topological polar surface area (TPSA) is 26.0 Å². The maximum absolute atomic E-state index is 5.78. The lowest BCUT2D eigenvalue weighted by Gasteiger charge is -2.15. The molecule has 0 heterocycles. The van der Waals surface area contributed by atoms with Crippen molar-refractivity contribution in [2.24, 2.45) is 5.73 Å². The lowest BCUT2D eigenvalue weighted by atomic mass is 9.92. The van der Waals surface area contributed by atoms with Crippen molar-refractivity contribution in [3.05, 3.63) is 34.9 Å². The van der Waals surface area contributed by atoms with E-state index in [9.17, 15) is 0 Å². The van der Waals surface area contributed by atoms with Gasteiger partial charge in [0, 0.05) is 0 Å². The Hall–Kier alpha value is -0.820. The molecule has 0 fully saturated rings. The summed E-state index contributed by atoms with van der Waals surface area (Å²) in [6, 6.07) is 6.70. The molecule has 0 aliphatic heterocycles. The van der Waals surface area contributed by atoms with Crippen LogP contribution in [0.15, 0.2) is 18.2 Å². The van der Waals surface area contributed by atoms with Gasteiger partial charge in [0.15, 0.2) is 0 Å². The lowest BCUT2D eigenvalue weighted by Crippen LogP contribution is -2.12. The summed E-state index contributed by atoms with van der Waals surface area (Å²) in [6.45, 7) is 7.29. The summed E-state index contributed by atoms with van der Waals surface area (Å²) in [5.41, 5.74) is 9.91. The Labute approximate surface area is 87.3 Å². The molecule has 1 atom stereocenters. The molecule has 78 valence electrons. The molecular weight excluding hydrogens is 170 g/mol. The van der Waals surface area contributed by atoms with Crippen molar-refractivity contribution < 1.29 is 0 Å². The van der Waals surface area contributed by atoms with E-state index in [-0.39, 0.29) is 0 Å². The van der Waals surface area contributed by atoms with E-state index < -0.39 is 0 Å². The second-order valence-electron chi connectivity index (χ2n) is 4.06. The molecule has 1 nitrogen and oxygen atoms in total. The zero-order valence-corrected chi connectivity index (χ0v) is 9.51. The summed E-state index contributed by atoms with van der Waals surface area (Å²) in [6.07, 6.45) is 2.40. The summed E-state index contributed by atoms with van der Waals surface area (Å²) in [7, 11) is 0. The third kappa shape index (κ3) is 2.58. The molecule has 0 aliphatic carbocycles. The van der Waals surface area contributed by atoms with Crippen LogP contribution in [0.3, 0.4) is 0 Å². The highest BCUT2D eigenvalue weighted by Crippen LogP contribution is 2.22. The fraction of sp³-hybridized carbons (Fsp3) is 0.538. The van der Waals surface area contributed by atoms with Gasteiger partial charge in [0.05, 0.1) is 0 Å². The molecule has 1 aromatic carbocycles. The van der Waals surface area contributed by atoms with Crippen molar-refractivity contribution in [1.29, 1.82) is 0 Å². The van der Waals surface area contributed by atoms with Gasteiger partial charge in [-0.25, -0.2) is 0 Å². The fourth-order valence-corrected chi connectivity index (χ4v) is 1.79. The zero-order valence-electron chi connectivity index (χ0n) is 9.51. The normalized spacial score (nSPS) is 12.9. The standard InChI is InChI=1S/C13H21N/c1-4-5-13(9-14)12-7-6-10(2)11(3)8-12/h6-8,13H,4-5,9,14H2,1-3H3. The maximum Gasteiger partial charge on any atom is -0.000824 e. The van der Waals surface area contributed by atoms with Crippen LogP contribution in [0.5, 0.6) is 0 Å². The molecule has 0 aliphatic rings.